The average molecular weight is 558 g/mol. The van der Waals surface area contributed by atoms with Gasteiger partial charge in [-0.15, -0.1) is 0 Å². The molecule has 0 amide bonds. The number of azide groups is 1. The van der Waals surface area contributed by atoms with Crippen molar-refractivity contribution in [3.05, 3.63) is 115 Å². The van der Waals surface area contributed by atoms with Crippen molar-refractivity contribution in [1.82, 2.24) is 9.55 Å². The first-order chi connectivity index (χ1) is 20.6. The van der Waals surface area contributed by atoms with E-state index in [9.17, 15) is 14.7 Å². The minimum atomic E-state index is -0.813. The van der Waals surface area contributed by atoms with E-state index >= 15 is 0 Å². The van der Waals surface area contributed by atoms with Crippen LogP contribution in [0.3, 0.4) is 0 Å². The molecule has 42 heavy (non-hydrogen) atoms. The lowest BCUT2D eigenvalue weighted by Crippen LogP contribution is -2.33. The maximum atomic E-state index is 12.7. The highest BCUT2D eigenvalue weighted by molar-refractivity contribution is 6.33. The lowest BCUT2D eigenvalue weighted by atomic mass is 9.88. The zero-order valence-corrected chi connectivity index (χ0v) is 22.2. The summed E-state index contributed by atoms with van der Waals surface area (Å²) in [5.74, 6) is 6.12. The molecular formula is C32H23N5O5. The molecule has 206 valence electrons. The fourth-order valence-electron chi connectivity index (χ4n) is 6.04. The second-order valence-corrected chi connectivity index (χ2v) is 10.2. The van der Waals surface area contributed by atoms with Gasteiger partial charge in [0.2, 0.25) is 0 Å². The van der Waals surface area contributed by atoms with E-state index in [0.717, 1.165) is 27.1 Å². The van der Waals surface area contributed by atoms with Crippen molar-refractivity contribution in [2.75, 3.05) is 13.3 Å². The lowest BCUT2D eigenvalue weighted by molar-refractivity contribution is -0.0612. The largest absolute Gasteiger partial charge is 0.394 e. The number of aliphatic hydroxyl groups is 1. The molecule has 0 bridgehead atoms. The van der Waals surface area contributed by atoms with Crippen molar-refractivity contribution in [1.29, 1.82) is 0 Å². The van der Waals surface area contributed by atoms with Gasteiger partial charge in [-0.1, -0.05) is 77.6 Å². The van der Waals surface area contributed by atoms with Crippen molar-refractivity contribution in [3.8, 4) is 11.8 Å². The highest BCUT2D eigenvalue weighted by Gasteiger charge is 2.37. The van der Waals surface area contributed by atoms with Gasteiger partial charge in [0.25, 0.3) is 5.56 Å². The van der Waals surface area contributed by atoms with Crippen LogP contribution in [0.25, 0.3) is 53.5 Å². The first kappa shape index (κ1) is 25.8. The van der Waals surface area contributed by atoms with Gasteiger partial charge < -0.3 is 14.6 Å². The first-order valence-corrected chi connectivity index (χ1v) is 13.4. The van der Waals surface area contributed by atoms with Crippen molar-refractivity contribution in [2.45, 2.75) is 24.9 Å². The predicted octanol–water partition coefficient (Wildman–Crippen LogP) is 4.92. The second kappa shape index (κ2) is 10.3. The molecule has 1 aliphatic rings. The fraction of sp³-hybridized carbons (Fsp3) is 0.188. The Morgan fingerprint density at radius 2 is 1.62 bits per heavy atom. The van der Waals surface area contributed by atoms with Crippen molar-refractivity contribution in [2.24, 2.45) is 5.11 Å². The quantitative estimate of drug-likeness (QED) is 0.0773. The lowest BCUT2D eigenvalue weighted by Gasteiger charge is -2.15. The smallest absolute Gasteiger partial charge is 0.330 e. The van der Waals surface area contributed by atoms with Crippen molar-refractivity contribution < 1.29 is 14.6 Å². The standard InChI is InChI=1S/C32H23N5O5/c33-36-34-17-41-26-14-28(42-27(26)16-38)37-15-20(31(39)35-32(37)40)11-10-18-12-13-25-23-8-2-5-19-4-1-7-22(29(19)23)24-9-3-6-21(18)30(24)25/h1-9,12-13,15,26-28,38H,14,16-17H2,(H,35,39,40)/t26-,27+,28+/m0/s1. The Hall–Kier alpha value is -5.17. The molecule has 1 saturated heterocycles. The van der Waals surface area contributed by atoms with E-state index in [2.05, 4.69) is 75.4 Å². The summed E-state index contributed by atoms with van der Waals surface area (Å²) in [7, 11) is 0. The Labute approximate surface area is 237 Å². The van der Waals surface area contributed by atoms with Crippen LogP contribution >= 0.6 is 0 Å². The van der Waals surface area contributed by atoms with Crippen LogP contribution in [0, 0.1) is 11.8 Å². The minimum absolute atomic E-state index is 0.0905. The number of ether oxygens (including phenoxy) is 2. The van der Waals surface area contributed by atoms with E-state index in [1.807, 2.05) is 18.2 Å². The Bertz CT molecular complexity index is 2190. The van der Waals surface area contributed by atoms with Crippen LogP contribution in [0.15, 0.2) is 87.6 Å². The van der Waals surface area contributed by atoms with E-state index < -0.39 is 29.7 Å². The molecule has 0 spiro atoms. The monoisotopic (exact) mass is 557 g/mol. The van der Waals surface area contributed by atoms with Gasteiger partial charge in [-0.3, -0.25) is 14.3 Å². The number of hydrogen-bond donors (Lipinski definition) is 2. The molecule has 2 heterocycles. The highest BCUT2D eigenvalue weighted by atomic mass is 16.6. The number of benzene rings is 5. The number of hydrogen-bond acceptors (Lipinski definition) is 6. The summed E-state index contributed by atoms with van der Waals surface area (Å²) in [6, 6.07) is 22.9. The van der Waals surface area contributed by atoms with Gasteiger partial charge in [0, 0.05) is 23.1 Å². The molecule has 0 saturated carbocycles. The summed E-state index contributed by atoms with van der Waals surface area (Å²) in [5, 5.41) is 22.2. The fourth-order valence-corrected chi connectivity index (χ4v) is 6.04. The van der Waals surface area contributed by atoms with Gasteiger partial charge in [0.1, 0.15) is 24.6 Å². The normalized spacial score (nSPS) is 18.5. The molecular weight excluding hydrogens is 534 g/mol. The van der Waals surface area contributed by atoms with Gasteiger partial charge in [-0.2, -0.15) is 0 Å². The van der Waals surface area contributed by atoms with Crippen LogP contribution in [0.5, 0.6) is 0 Å². The van der Waals surface area contributed by atoms with Crippen molar-refractivity contribution >= 4 is 43.1 Å². The van der Waals surface area contributed by atoms with Crippen molar-refractivity contribution in [3.63, 3.8) is 0 Å². The van der Waals surface area contributed by atoms with Crippen LogP contribution in [0.2, 0.25) is 0 Å². The van der Waals surface area contributed by atoms with Crippen LogP contribution in [-0.4, -0.2) is 40.2 Å². The molecule has 7 rings (SSSR count). The maximum Gasteiger partial charge on any atom is 0.330 e. The summed E-state index contributed by atoms with van der Waals surface area (Å²) in [6.45, 7) is -0.591. The number of rotatable bonds is 5. The third-order valence-electron chi connectivity index (χ3n) is 7.91. The number of aromatic amines is 1. The van der Waals surface area contributed by atoms with E-state index in [0.29, 0.717) is 0 Å². The third-order valence-corrected chi connectivity index (χ3v) is 7.91. The van der Waals surface area contributed by atoms with Gasteiger partial charge in [-0.25, -0.2) is 4.79 Å². The van der Waals surface area contributed by atoms with Gasteiger partial charge in [0.05, 0.1) is 12.7 Å². The minimum Gasteiger partial charge on any atom is -0.394 e. The van der Waals surface area contributed by atoms with E-state index in [1.54, 1.807) is 0 Å². The molecule has 1 aromatic heterocycles. The summed E-state index contributed by atoms with van der Waals surface area (Å²) in [6.07, 6.45) is -0.580. The van der Waals surface area contributed by atoms with Crippen LogP contribution in [-0.2, 0) is 9.47 Å². The van der Waals surface area contributed by atoms with Gasteiger partial charge in [-0.05, 0) is 54.7 Å². The molecule has 10 nitrogen and oxygen atoms in total. The maximum absolute atomic E-state index is 12.7. The number of nitrogens with one attached hydrogen (secondary N) is 1. The molecule has 5 aromatic carbocycles. The first-order valence-electron chi connectivity index (χ1n) is 13.4. The molecule has 0 radical (unpaired) electrons. The Morgan fingerprint density at radius 3 is 2.36 bits per heavy atom. The number of aliphatic hydroxyl groups excluding tert-OH is 1. The van der Waals surface area contributed by atoms with Gasteiger partial charge in [0.15, 0.2) is 0 Å². The summed E-state index contributed by atoms with van der Waals surface area (Å²) >= 11 is 0. The SMILES string of the molecule is [N-]=[N+]=NCO[C@H]1C[C@H](n2cc(C#Cc3ccc4c5cccc6cccc(c7cccc3c74)c65)c(=O)[nH]c2=O)O[C@@H]1CO. The average Bonchev–Trinajstić information content (AvgIpc) is 3.42. The molecule has 3 atom stereocenters. The van der Waals surface area contributed by atoms with Crippen LogP contribution in [0.4, 0.5) is 0 Å². The highest BCUT2D eigenvalue weighted by Crippen LogP contribution is 2.40. The Morgan fingerprint density at radius 1 is 0.952 bits per heavy atom. The second-order valence-electron chi connectivity index (χ2n) is 10.2. The molecule has 1 fully saturated rings. The summed E-state index contributed by atoms with van der Waals surface area (Å²) < 4.78 is 12.5. The van der Waals surface area contributed by atoms with E-state index in [-0.39, 0.29) is 25.3 Å². The number of H-pyrrole nitrogens is 1. The predicted molar refractivity (Wildman–Crippen MR) is 159 cm³/mol. The van der Waals surface area contributed by atoms with E-state index in [1.165, 1.54) is 32.3 Å². The molecule has 2 N–H and O–H groups in total. The number of fused-ring (bicyclic) bond motifs is 2. The third kappa shape index (κ3) is 4.16. The Kier molecular flexibility index (Phi) is 6.35. The molecule has 0 aliphatic carbocycles. The summed E-state index contributed by atoms with van der Waals surface area (Å²) in [4.78, 5) is 30.4. The zero-order chi connectivity index (χ0) is 28.8. The number of aromatic nitrogens is 2. The molecule has 0 unspecified atom stereocenters. The topological polar surface area (TPSA) is 142 Å². The van der Waals surface area contributed by atoms with Crippen LogP contribution in [0.1, 0.15) is 23.8 Å². The number of nitrogens with zero attached hydrogens (tertiary/aromatic N) is 4. The molecule has 6 aromatic rings. The zero-order valence-electron chi connectivity index (χ0n) is 22.2. The molecule has 10 heteroatoms. The Balaban J connectivity index is 1.31. The summed E-state index contributed by atoms with van der Waals surface area (Å²) in [5.41, 5.74) is 8.06. The molecule has 1 aliphatic heterocycles. The van der Waals surface area contributed by atoms with Crippen LogP contribution < -0.4 is 11.2 Å². The van der Waals surface area contributed by atoms with Gasteiger partial charge >= 0.3 is 5.69 Å². The van der Waals surface area contributed by atoms with E-state index in [4.69, 9.17) is 15.0 Å².